The molecule has 2 aromatic rings. The van der Waals surface area contributed by atoms with Gasteiger partial charge in [0, 0.05) is 5.56 Å². The lowest BCUT2D eigenvalue weighted by atomic mass is 10.2. The second kappa shape index (κ2) is 4.11. The molecule has 0 fully saturated rings. The number of nitriles is 1. The van der Waals surface area contributed by atoms with Crippen molar-refractivity contribution < 1.29 is 4.74 Å². The quantitative estimate of drug-likeness (QED) is 0.775. The van der Waals surface area contributed by atoms with Crippen LogP contribution in [0, 0.1) is 11.3 Å². The molecule has 1 aromatic carbocycles. The number of rotatable bonds is 2. The Hall–Kier alpha value is -1.86. The van der Waals surface area contributed by atoms with Crippen LogP contribution in [0.25, 0.3) is 10.6 Å². The van der Waals surface area contributed by atoms with Gasteiger partial charge in [0.05, 0.1) is 13.3 Å². The number of hydrogen-bond donors (Lipinski definition) is 0. The van der Waals surface area contributed by atoms with E-state index in [1.54, 1.807) is 13.3 Å². The Morgan fingerprint density at radius 1 is 1.47 bits per heavy atom. The molecule has 0 aliphatic rings. The molecule has 0 radical (unpaired) electrons. The van der Waals surface area contributed by atoms with E-state index >= 15 is 0 Å². The van der Waals surface area contributed by atoms with Gasteiger partial charge in [0.15, 0.2) is 0 Å². The Morgan fingerprint density at radius 3 is 3.00 bits per heavy atom. The summed E-state index contributed by atoms with van der Waals surface area (Å²) in [6.07, 6.45) is 1.58. The number of benzene rings is 1. The fraction of sp³-hybridized carbons (Fsp3) is 0.0909. The molecule has 0 aliphatic heterocycles. The zero-order chi connectivity index (χ0) is 10.7. The molecule has 1 heterocycles. The van der Waals surface area contributed by atoms with Crippen LogP contribution in [0.1, 0.15) is 4.88 Å². The van der Waals surface area contributed by atoms with Gasteiger partial charge in [-0.2, -0.15) is 5.26 Å². The van der Waals surface area contributed by atoms with Crippen LogP contribution in [0.2, 0.25) is 0 Å². The molecule has 0 aliphatic carbocycles. The van der Waals surface area contributed by atoms with Crippen molar-refractivity contribution in [3.63, 3.8) is 0 Å². The van der Waals surface area contributed by atoms with E-state index in [1.165, 1.54) is 11.3 Å². The second-order valence-electron chi connectivity index (χ2n) is 2.87. The van der Waals surface area contributed by atoms with Crippen molar-refractivity contribution in [3.05, 3.63) is 35.3 Å². The summed E-state index contributed by atoms with van der Waals surface area (Å²) in [5.41, 5.74) is 0.973. The third-order valence-corrected chi connectivity index (χ3v) is 2.88. The van der Waals surface area contributed by atoms with Crippen LogP contribution in [0.5, 0.6) is 5.75 Å². The highest BCUT2D eigenvalue weighted by Crippen LogP contribution is 2.27. The topological polar surface area (TPSA) is 45.9 Å². The number of ether oxygens (including phenoxy) is 1. The monoisotopic (exact) mass is 216 g/mol. The van der Waals surface area contributed by atoms with Crippen molar-refractivity contribution in [3.8, 4) is 22.4 Å². The molecule has 0 saturated heterocycles. The Balaban J connectivity index is 2.41. The molecule has 0 N–H and O–H groups in total. The largest absolute Gasteiger partial charge is 0.497 e. The zero-order valence-electron chi connectivity index (χ0n) is 8.10. The van der Waals surface area contributed by atoms with Crippen LogP contribution in [0.3, 0.4) is 0 Å². The lowest BCUT2D eigenvalue weighted by Crippen LogP contribution is -1.82. The summed E-state index contributed by atoms with van der Waals surface area (Å²) < 4.78 is 5.12. The van der Waals surface area contributed by atoms with Crippen molar-refractivity contribution >= 4 is 11.3 Å². The number of thiazole rings is 1. The summed E-state index contributed by atoms with van der Waals surface area (Å²) in [5.74, 6) is 0.793. The van der Waals surface area contributed by atoms with Gasteiger partial charge >= 0.3 is 0 Å². The van der Waals surface area contributed by atoms with E-state index in [-0.39, 0.29) is 0 Å². The average Bonchev–Trinajstić information content (AvgIpc) is 2.78. The lowest BCUT2D eigenvalue weighted by Gasteiger charge is -2.00. The SMILES string of the molecule is COc1cccc(-c2ncc(C#N)s2)c1. The number of aromatic nitrogens is 1. The Kier molecular flexibility index (Phi) is 2.66. The number of hydrogen-bond acceptors (Lipinski definition) is 4. The summed E-state index contributed by atoms with van der Waals surface area (Å²) in [4.78, 5) is 4.79. The van der Waals surface area contributed by atoms with Gasteiger partial charge in [-0.15, -0.1) is 11.3 Å². The third kappa shape index (κ3) is 1.97. The summed E-state index contributed by atoms with van der Waals surface area (Å²) in [7, 11) is 1.63. The molecule has 15 heavy (non-hydrogen) atoms. The zero-order valence-corrected chi connectivity index (χ0v) is 8.91. The van der Waals surface area contributed by atoms with Gasteiger partial charge in [-0.3, -0.25) is 0 Å². The Bertz CT molecular complexity index is 513. The van der Waals surface area contributed by atoms with E-state index in [9.17, 15) is 0 Å². The van der Waals surface area contributed by atoms with Crippen LogP contribution in [-0.2, 0) is 0 Å². The maximum Gasteiger partial charge on any atom is 0.125 e. The van der Waals surface area contributed by atoms with Gasteiger partial charge in [-0.1, -0.05) is 12.1 Å². The van der Waals surface area contributed by atoms with Crippen LogP contribution >= 0.6 is 11.3 Å². The lowest BCUT2D eigenvalue weighted by molar-refractivity contribution is 0.415. The van der Waals surface area contributed by atoms with E-state index in [0.29, 0.717) is 4.88 Å². The first-order chi connectivity index (χ1) is 7.33. The molecule has 0 bridgehead atoms. The molecule has 0 saturated carbocycles. The Labute approximate surface area is 91.6 Å². The molecule has 0 spiro atoms. The van der Waals surface area contributed by atoms with Gasteiger partial charge in [-0.25, -0.2) is 4.98 Å². The fourth-order valence-electron chi connectivity index (χ4n) is 1.22. The van der Waals surface area contributed by atoms with Crippen LogP contribution in [-0.4, -0.2) is 12.1 Å². The predicted octanol–water partition coefficient (Wildman–Crippen LogP) is 2.69. The molecular weight excluding hydrogens is 208 g/mol. The van der Waals surface area contributed by atoms with Gasteiger partial charge < -0.3 is 4.74 Å². The third-order valence-electron chi connectivity index (χ3n) is 1.93. The second-order valence-corrected chi connectivity index (χ2v) is 3.90. The van der Waals surface area contributed by atoms with E-state index in [2.05, 4.69) is 11.1 Å². The highest BCUT2D eigenvalue weighted by atomic mass is 32.1. The highest BCUT2D eigenvalue weighted by molar-refractivity contribution is 7.15. The van der Waals surface area contributed by atoms with Crippen LogP contribution in [0.4, 0.5) is 0 Å². The first kappa shape index (κ1) is 9.69. The molecule has 3 nitrogen and oxygen atoms in total. The molecule has 4 heteroatoms. The molecular formula is C11H8N2OS. The summed E-state index contributed by atoms with van der Waals surface area (Å²) >= 11 is 1.38. The standard InChI is InChI=1S/C11H8N2OS/c1-14-9-4-2-3-8(5-9)11-13-7-10(6-12)15-11/h2-5,7H,1H3. The van der Waals surface area contributed by atoms with Crippen LogP contribution in [0.15, 0.2) is 30.5 Å². The molecule has 0 amide bonds. The highest BCUT2D eigenvalue weighted by Gasteiger charge is 2.04. The number of nitrogens with zero attached hydrogens (tertiary/aromatic N) is 2. The average molecular weight is 216 g/mol. The van der Waals surface area contributed by atoms with Crippen molar-refractivity contribution in [2.24, 2.45) is 0 Å². The first-order valence-electron chi connectivity index (χ1n) is 4.34. The van der Waals surface area contributed by atoms with E-state index in [4.69, 9.17) is 10.00 Å². The molecule has 2 rings (SSSR count). The van der Waals surface area contributed by atoms with Crippen molar-refractivity contribution in [2.75, 3.05) is 7.11 Å². The number of methoxy groups -OCH3 is 1. The molecule has 74 valence electrons. The van der Waals surface area contributed by atoms with Crippen molar-refractivity contribution in [1.29, 1.82) is 5.26 Å². The van der Waals surface area contributed by atoms with Gasteiger partial charge in [0.25, 0.3) is 0 Å². The van der Waals surface area contributed by atoms with E-state index in [0.717, 1.165) is 16.3 Å². The normalized spacial score (nSPS) is 9.60. The smallest absolute Gasteiger partial charge is 0.125 e. The summed E-state index contributed by atoms with van der Waals surface area (Å²) in [6, 6.07) is 9.70. The molecule has 1 aromatic heterocycles. The van der Waals surface area contributed by atoms with Crippen molar-refractivity contribution in [1.82, 2.24) is 4.98 Å². The summed E-state index contributed by atoms with van der Waals surface area (Å²) in [6.45, 7) is 0. The molecule has 0 unspecified atom stereocenters. The van der Waals surface area contributed by atoms with Gasteiger partial charge in [-0.05, 0) is 12.1 Å². The van der Waals surface area contributed by atoms with E-state index < -0.39 is 0 Å². The predicted molar refractivity (Wildman–Crippen MR) is 58.8 cm³/mol. The van der Waals surface area contributed by atoms with Gasteiger partial charge in [0.1, 0.15) is 21.7 Å². The minimum absolute atomic E-state index is 0.618. The fourth-order valence-corrected chi connectivity index (χ4v) is 1.92. The maximum atomic E-state index is 8.69. The van der Waals surface area contributed by atoms with Crippen LogP contribution < -0.4 is 4.74 Å². The van der Waals surface area contributed by atoms with Gasteiger partial charge in [0.2, 0.25) is 0 Å². The minimum Gasteiger partial charge on any atom is -0.497 e. The Morgan fingerprint density at radius 2 is 2.33 bits per heavy atom. The molecule has 0 atom stereocenters. The summed E-state index contributed by atoms with van der Waals surface area (Å²) in [5, 5.41) is 9.53. The minimum atomic E-state index is 0.618. The maximum absolute atomic E-state index is 8.69. The van der Waals surface area contributed by atoms with Crippen molar-refractivity contribution in [2.45, 2.75) is 0 Å². The first-order valence-corrected chi connectivity index (χ1v) is 5.15. The van der Waals surface area contributed by atoms with E-state index in [1.807, 2.05) is 24.3 Å².